The molecule has 34 heavy (non-hydrogen) atoms. The number of hydrogen-bond donors (Lipinski definition) is 1. The van der Waals surface area contributed by atoms with Crippen LogP contribution in [0, 0.1) is 5.92 Å². The standard InChI is InChI=1S/C27H28N2O5/c1-32-21-14-12-20(13-15-21)29-25(30)17-16-23(26(29)22-10-6-7-11-24(22)33-2)27(31)28-34-18-19-8-4-3-5-9-19/h3-15,23,26H,16-18H2,1-2H3,(H,28,31)/t23-,26+/m0/s1. The van der Waals surface area contributed by atoms with E-state index in [4.69, 9.17) is 14.3 Å². The van der Waals surface area contributed by atoms with Gasteiger partial charge >= 0.3 is 0 Å². The van der Waals surface area contributed by atoms with Crippen LogP contribution in [0.5, 0.6) is 11.5 Å². The molecular formula is C27H28N2O5. The van der Waals surface area contributed by atoms with Crippen LogP contribution in [-0.4, -0.2) is 26.0 Å². The van der Waals surface area contributed by atoms with E-state index >= 15 is 0 Å². The summed E-state index contributed by atoms with van der Waals surface area (Å²) in [6.45, 7) is 0.250. The van der Waals surface area contributed by atoms with Gasteiger partial charge in [-0.25, -0.2) is 5.48 Å². The van der Waals surface area contributed by atoms with Crippen LogP contribution in [0.25, 0.3) is 0 Å². The third kappa shape index (κ3) is 5.05. The van der Waals surface area contributed by atoms with Gasteiger partial charge in [0, 0.05) is 17.7 Å². The van der Waals surface area contributed by atoms with Crippen molar-refractivity contribution in [3.8, 4) is 11.5 Å². The van der Waals surface area contributed by atoms with Gasteiger partial charge in [-0.05, 0) is 42.3 Å². The summed E-state index contributed by atoms with van der Waals surface area (Å²) in [6.07, 6.45) is 0.642. The highest BCUT2D eigenvalue weighted by molar-refractivity contribution is 5.97. The molecule has 7 heteroatoms. The van der Waals surface area contributed by atoms with E-state index in [-0.39, 0.29) is 24.8 Å². The summed E-state index contributed by atoms with van der Waals surface area (Å²) in [7, 11) is 3.17. The third-order valence-electron chi connectivity index (χ3n) is 6.00. The fraction of sp³-hybridized carbons (Fsp3) is 0.259. The molecule has 1 fully saturated rings. The molecule has 1 aliphatic heterocycles. The number of methoxy groups -OCH3 is 2. The Morgan fingerprint density at radius 3 is 2.35 bits per heavy atom. The Morgan fingerprint density at radius 1 is 0.941 bits per heavy atom. The lowest BCUT2D eigenvalue weighted by molar-refractivity contribution is -0.141. The second kappa shape index (κ2) is 10.9. The number of nitrogens with one attached hydrogen (secondary N) is 1. The van der Waals surface area contributed by atoms with E-state index in [0.29, 0.717) is 23.6 Å². The quantitative estimate of drug-likeness (QED) is 0.503. The van der Waals surface area contributed by atoms with Gasteiger partial charge in [0.25, 0.3) is 0 Å². The van der Waals surface area contributed by atoms with Crippen molar-refractivity contribution in [2.24, 2.45) is 5.92 Å². The molecule has 1 aliphatic rings. The average molecular weight is 461 g/mol. The highest BCUT2D eigenvalue weighted by Crippen LogP contribution is 2.43. The first-order valence-corrected chi connectivity index (χ1v) is 11.2. The minimum Gasteiger partial charge on any atom is -0.497 e. The Morgan fingerprint density at radius 2 is 1.65 bits per heavy atom. The molecule has 1 saturated heterocycles. The van der Waals surface area contributed by atoms with Crippen molar-refractivity contribution in [1.82, 2.24) is 5.48 Å². The lowest BCUT2D eigenvalue weighted by atomic mass is 9.83. The van der Waals surface area contributed by atoms with Crippen LogP contribution in [0.4, 0.5) is 5.69 Å². The van der Waals surface area contributed by atoms with E-state index in [1.54, 1.807) is 31.3 Å². The fourth-order valence-corrected chi connectivity index (χ4v) is 4.32. The van der Waals surface area contributed by atoms with Crippen molar-refractivity contribution >= 4 is 17.5 Å². The number of para-hydroxylation sites is 1. The number of amides is 2. The fourth-order valence-electron chi connectivity index (χ4n) is 4.32. The molecule has 1 heterocycles. The molecule has 3 aromatic rings. The minimum absolute atomic E-state index is 0.0599. The molecule has 0 aliphatic carbocycles. The van der Waals surface area contributed by atoms with Gasteiger partial charge in [-0.2, -0.15) is 0 Å². The van der Waals surface area contributed by atoms with E-state index in [1.807, 2.05) is 66.7 Å². The second-order valence-corrected chi connectivity index (χ2v) is 8.03. The Bertz CT molecular complexity index is 1120. The predicted octanol–water partition coefficient (Wildman–Crippen LogP) is 4.44. The van der Waals surface area contributed by atoms with E-state index < -0.39 is 12.0 Å². The summed E-state index contributed by atoms with van der Waals surface area (Å²) >= 11 is 0. The molecule has 3 aromatic carbocycles. The molecule has 2 atom stereocenters. The van der Waals surface area contributed by atoms with Crippen molar-refractivity contribution in [2.45, 2.75) is 25.5 Å². The summed E-state index contributed by atoms with van der Waals surface area (Å²) in [5.74, 6) is 0.425. The lowest BCUT2D eigenvalue weighted by Crippen LogP contribution is -2.48. The normalized spacial score (nSPS) is 17.8. The van der Waals surface area contributed by atoms with Gasteiger partial charge in [-0.15, -0.1) is 0 Å². The number of anilines is 1. The smallest absolute Gasteiger partial charge is 0.249 e. The molecule has 0 bridgehead atoms. The number of hydroxylamine groups is 1. The third-order valence-corrected chi connectivity index (χ3v) is 6.00. The second-order valence-electron chi connectivity index (χ2n) is 8.03. The summed E-state index contributed by atoms with van der Waals surface area (Å²) in [5.41, 5.74) is 5.00. The highest BCUT2D eigenvalue weighted by atomic mass is 16.6. The van der Waals surface area contributed by atoms with Crippen LogP contribution >= 0.6 is 0 Å². The van der Waals surface area contributed by atoms with Gasteiger partial charge < -0.3 is 14.4 Å². The van der Waals surface area contributed by atoms with Gasteiger partial charge in [0.2, 0.25) is 11.8 Å². The molecule has 0 unspecified atom stereocenters. The van der Waals surface area contributed by atoms with Crippen molar-refractivity contribution in [3.05, 3.63) is 90.0 Å². The first-order chi connectivity index (χ1) is 16.6. The van der Waals surface area contributed by atoms with Gasteiger partial charge in [0.05, 0.1) is 32.8 Å². The number of ether oxygens (including phenoxy) is 2. The van der Waals surface area contributed by atoms with E-state index in [0.717, 1.165) is 11.1 Å². The van der Waals surface area contributed by atoms with Crippen LogP contribution < -0.4 is 19.9 Å². The zero-order chi connectivity index (χ0) is 23.9. The Balaban J connectivity index is 1.65. The maximum absolute atomic E-state index is 13.3. The molecule has 4 rings (SSSR count). The molecular weight excluding hydrogens is 432 g/mol. The Labute approximate surface area is 199 Å². The average Bonchev–Trinajstić information content (AvgIpc) is 2.89. The maximum atomic E-state index is 13.3. The zero-order valence-electron chi connectivity index (χ0n) is 19.3. The van der Waals surface area contributed by atoms with Gasteiger partial charge in [0.1, 0.15) is 11.5 Å². The van der Waals surface area contributed by atoms with E-state index in [1.165, 1.54) is 0 Å². The van der Waals surface area contributed by atoms with Gasteiger partial charge in [-0.1, -0.05) is 48.5 Å². The van der Waals surface area contributed by atoms with Gasteiger partial charge in [-0.3, -0.25) is 14.4 Å². The molecule has 0 spiro atoms. The first kappa shape index (κ1) is 23.3. The molecule has 7 nitrogen and oxygen atoms in total. The Kier molecular flexibility index (Phi) is 7.44. The van der Waals surface area contributed by atoms with Crippen LogP contribution in [0.3, 0.4) is 0 Å². The topological polar surface area (TPSA) is 77.1 Å². The summed E-state index contributed by atoms with van der Waals surface area (Å²) in [4.78, 5) is 33.7. The van der Waals surface area contributed by atoms with Crippen molar-refractivity contribution in [3.63, 3.8) is 0 Å². The van der Waals surface area contributed by atoms with E-state index in [2.05, 4.69) is 5.48 Å². The number of carbonyl (C=O) groups excluding carboxylic acids is 2. The van der Waals surface area contributed by atoms with E-state index in [9.17, 15) is 9.59 Å². The highest BCUT2D eigenvalue weighted by Gasteiger charge is 2.42. The molecule has 0 saturated carbocycles. The number of carbonyl (C=O) groups is 2. The summed E-state index contributed by atoms with van der Waals surface area (Å²) < 4.78 is 10.9. The zero-order valence-corrected chi connectivity index (χ0v) is 19.3. The van der Waals surface area contributed by atoms with Crippen LogP contribution in [0.15, 0.2) is 78.9 Å². The predicted molar refractivity (Wildman–Crippen MR) is 128 cm³/mol. The monoisotopic (exact) mass is 460 g/mol. The van der Waals surface area contributed by atoms with Crippen LogP contribution in [-0.2, 0) is 21.0 Å². The molecule has 176 valence electrons. The van der Waals surface area contributed by atoms with Crippen molar-refractivity contribution < 1.29 is 23.9 Å². The Hall–Kier alpha value is -3.84. The number of piperidine rings is 1. The summed E-state index contributed by atoms with van der Waals surface area (Å²) in [6, 6.07) is 23.8. The number of rotatable bonds is 8. The maximum Gasteiger partial charge on any atom is 0.249 e. The number of benzene rings is 3. The van der Waals surface area contributed by atoms with Gasteiger partial charge in [0.15, 0.2) is 0 Å². The number of hydrogen-bond acceptors (Lipinski definition) is 5. The molecule has 0 aromatic heterocycles. The summed E-state index contributed by atoms with van der Waals surface area (Å²) in [5, 5.41) is 0. The van der Waals surface area contributed by atoms with Crippen molar-refractivity contribution in [2.75, 3.05) is 19.1 Å². The number of nitrogens with zero attached hydrogens (tertiary/aromatic N) is 1. The molecule has 1 N–H and O–H groups in total. The first-order valence-electron chi connectivity index (χ1n) is 11.2. The van der Waals surface area contributed by atoms with Crippen LogP contribution in [0.1, 0.15) is 30.0 Å². The van der Waals surface area contributed by atoms with Crippen LogP contribution in [0.2, 0.25) is 0 Å². The minimum atomic E-state index is -0.564. The lowest BCUT2D eigenvalue weighted by Gasteiger charge is -2.41. The molecule has 2 amide bonds. The van der Waals surface area contributed by atoms with Crippen molar-refractivity contribution in [1.29, 1.82) is 0 Å². The SMILES string of the molecule is COc1ccc(N2C(=O)CC[C@H](C(=O)NOCc3ccccc3)[C@H]2c2ccccc2OC)cc1. The molecule has 0 radical (unpaired) electrons. The largest absolute Gasteiger partial charge is 0.497 e.